The summed E-state index contributed by atoms with van der Waals surface area (Å²) in [6.07, 6.45) is 5.66. The molecule has 0 rings (SSSR count). The molecule has 0 spiro atoms. The average molecular weight is 264 g/mol. The maximum absolute atomic E-state index is 3.87. The van der Waals surface area contributed by atoms with Crippen LogP contribution in [0.1, 0.15) is 39.5 Å². The first kappa shape index (κ1) is 11.1. The van der Waals surface area contributed by atoms with Crippen molar-refractivity contribution < 1.29 is 0 Å². The number of rotatable bonds is 6. The van der Waals surface area contributed by atoms with Crippen molar-refractivity contribution in [2.45, 2.75) is 49.5 Å². The van der Waals surface area contributed by atoms with Gasteiger partial charge in [-0.2, -0.15) is 0 Å². The van der Waals surface area contributed by atoms with Gasteiger partial charge in [0.2, 0.25) is 0 Å². The van der Waals surface area contributed by atoms with E-state index in [1.54, 1.807) is 9.95 Å². The van der Waals surface area contributed by atoms with Gasteiger partial charge in [-0.15, -0.1) is 0 Å². The van der Waals surface area contributed by atoms with Crippen LogP contribution in [0.25, 0.3) is 0 Å². The van der Waals surface area contributed by atoms with Crippen LogP contribution in [-0.4, -0.2) is 14.2 Å². The molecule has 0 saturated carbocycles. The average Bonchev–Trinajstić information content (AvgIpc) is 1.97. The van der Waals surface area contributed by atoms with E-state index < -0.39 is 14.2 Å². The standard InChI is InChI=1S/2C4H9.BrH.Ga/c2*1-3-4-2;;/h2*1,3-4H2,2H3;1H;/q;;;+1/p-1. The van der Waals surface area contributed by atoms with Crippen LogP contribution < -0.4 is 0 Å². The minimum atomic E-state index is -0.848. The molecule has 0 aromatic rings. The topological polar surface area (TPSA) is 0 Å². The molecule has 0 aromatic heterocycles. The van der Waals surface area contributed by atoms with Crippen molar-refractivity contribution in [3.05, 3.63) is 0 Å². The molecule has 0 bridgehead atoms. The van der Waals surface area contributed by atoms with Gasteiger partial charge in [-0.3, -0.25) is 0 Å². The first-order valence-electron chi connectivity index (χ1n) is 4.45. The Kier molecular flexibility index (Phi) is 9.13. The molecule has 0 aromatic carbocycles. The Morgan fingerprint density at radius 2 is 1.40 bits per heavy atom. The SMILES string of the molecule is CCC[CH2][Ga]([Br])[CH2]CCC. The second kappa shape index (κ2) is 8.22. The van der Waals surface area contributed by atoms with E-state index in [1.165, 1.54) is 25.7 Å². The fraction of sp³-hybridized carbons (Fsp3) is 1.00. The maximum atomic E-state index is 3.87. The van der Waals surface area contributed by atoms with Gasteiger partial charge in [-0.05, 0) is 0 Å². The third kappa shape index (κ3) is 7.23. The van der Waals surface area contributed by atoms with Gasteiger partial charge < -0.3 is 0 Å². The van der Waals surface area contributed by atoms with Crippen LogP contribution in [0.15, 0.2) is 0 Å². The Hall–Kier alpha value is 1.12. The molecule has 2 heteroatoms. The molecule has 0 saturated heterocycles. The van der Waals surface area contributed by atoms with Crippen molar-refractivity contribution >= 4 is 27.8 Å². The summed E-state index contributed by atoms with van der Waals surface area (Å²) in [6, 6.07) is 0. The van der Waals surface area contributed by atoms with Crippen molar-refractivity contribution in [2.24, 2.45) is 0 Å². The number of hydrogen-bond donors (Lipinski definition) is 0. The Bertz CT molecular complexity index is 58.3. The van der Waals surface area contributed by atoms with Crippen molar-refractivity contribution in [3.8, 4) is 0 Å². The fourth-order valence-electron chi connectivity index (χ4n) is 0.996. The van der Waals surface area contributed by atoms with Crippen LogP contribution >= 0.6 is 13.6 Å². The molecule has 0 nitrogen and oxygen atoms in total. The minimum absolute atomic E-state index is 0.848. The third-order valence-electron chi connectivity index (χ3n) is 1.74. The van der Waals surface area contributed by atoms with E-state index in [9.17, 15) is 0 Å². The van der Waals surface area contributed by atoms with Crippen LogP contribution in [0.3, 0.4) is 0 Å². The molecule has 0 heterocycles. The quantitative estimate of drug-likeness (QED) is 0.636. The van der Waals surface area contributed by atoms with Gasteiger partial charge in [-0.25, -0.2) is 0 Å². The van der Waals surface area contributed by atoms with Gasteiger partial charge in [0, 0.05) is 0 Å². The fourth-order valence-corrected chi connectivity index (χ4v) is 8.54. The summed E-state index contributed by atoms with van der Waals surface area (Å²) in [5.41, 5.74) is 0. The zero-order valence-electron chi connectivity index (χ0n) is 7.20. The zero-order valence-corrected chi connectivity index (χ0v) is 11.2. The second-order valence-corrected chi connectivity index (χ2v) is 14.5. The van der Waals surface area contributed by atoms with Gasteiger partial charge in [0.15, 0.2) is 0 Å². The summed E-state index contributed by atoms with van der Waals surface area (Å²) >= 11 is 3.02. The van der Waals surface area contributed by atoms with E-state index in [4.69, 9.17) is 0 Å². The van der Waals surface area contributed by atoms with E-state index in [1.807, 2.05) is 0 Å². The van der Waals surface area contributed by atoms with E-state index in [2.05, 4.69) is 27.4 Å². The summed E-state index contributed by atoms with van der Waals surface area (Å²) in [4.78, 5) is 3.09. The third-order valence-corrected chi connectivity index (χ3v) is 10.8. The monoisotopic (exact) mass is 262 g/mol. The molecule has 10 heavy (non-hydrogen) atoms. The molecule has 0 unspecified atom stereocenters. The molecule has 0 amide bonds. The molecule has 0 aliphatic heterocycles. The first-order chi connectivity index (χ1) is 4.81. The van der Waals surface area contributed by atoms with Crippen molar-refractivity contribution in [1.29, 1.82) is 0 Å². The molecule has 60 valence electrons. The molecule has 0 fully saturated rings. The van der Waals surface area contributed by atoms with Crippen molar-refractivity contribution in [1.82, 2.24) is 0 Å². The molecular formula is C8H18BrGa. The number of unbranched alkanes of at least 4 members (excludes halogenated alkanes) is 2. The summed E-state index contributed by atoms with van der Waals surface area (Å²) in [5.74, 6) is 0. The molecule has 0 atom stereocenters. The molecule has 0 aliphatic carbocycles. The second-order valence-electron chi connectivity index (χ2n) is 2.88. The van der Waals surface area contributed by atoms with Gasteiger partial charge in [0.25, 0.3) is 0 Å². The summed E-state index contributed by atoms with van der Waals surface area (Å²) in [7, 11) is 0. The van der Waals surface area contributed by atoms with E-state index in [-0.39, 0.29) is 0 Å². The van der Waals surface area contributed by atoms with Gasteiger partial charge in [0.05, 0.1) is 0 Å². The number of halogens is 1. The van der Waals surface area contributed by atoms with Gasteiger partial charge >= 0.3 is 77.3 Å². The van der Waals surface area contributed by atoms with Crippen molar-refractivity contribution in [3.63, 3.8) is 0 Å². The van der Waals surface area contributed by atoms with Gasteiger partial charge in [-0.1, -0.05) is 0 Å². The van der Waals surface area contributed by atoms with Crippen LogP contribution in [0.5, 0.6) is 0 Å². The summed E-state index contributed by atoms with van der Waals surface area (Å²) in [6.45, 7) is 4.56. The summed E-state index contributed by atoms with van der Waals surface area (Å²) in [5, 5.41) is 0. The molecular weight excluding hydrogens is 246 g/mol. The van der Waals surface area contributed by atoms with Crippen molar-refractivity contribution in [2.75, 3.05) is 0 Å². The van der Waals surface area contributed by atoms with E-state index in [0.29, 0.717) is 0 Å². The molecule has 0 N–H and O–H groups in total. The van der Waals surface area contributed by atoms with E-state index in [0.717, 1.165) is 0 Å². The first-order valence-corrected chi connectivity index (χ1v) is 13.5. The van der Waals surface area contributed by atoms with Crippen LogP contribution in [0, 0.1) is 0 Å². The predicted octanol–water partition coefficient (Wildman–Crippen LogP) is 3.97. The van der Waals surface area contributed by atoms with Crippen LogP contribution in [0.4, 0.5) is 0 Å². The Balaban J connectivity index is 3.00. The zero-order chi connectivity index (χ0) is 7.82. The summed E-state index contributed by atoms with van der Waals surface area (Å²) < 4.78 is 0. The number of hydrogen-bond acceptors (Lipinski definition) is 0. The van der Waals surface area contributed by atoms with E-state index >= 15 is 0 Å². The van der Waals surface area contributed by atoms with Crippen LogP contribution in [-0.2, 0) is 0 Å². The Morgan fingerprint density at radius 3 is 1.70 bits per heavy atom. The Morgan fingerprint density at radius 1 is 1.00 bits per heavy atom. The molecule has 0 radical (unpaired) electrons. The van der Waals surface area contributed by atoms with Crippen LogP contribution in [0.2, 0.25) is 9.95 Å². The predicted molar refractivity (Wildman–Crippen MR) is 54.1 cm³/mol. The Labute approximate surface area is 77.1 Å². The normalized spacial score (nSPS) is 9.90. The molecule has 0 aliphatic rings. The van der Waals surface area contributed by atoms with Gasteiger partial charge in [0.1, 0.15) is 0 Å².